The SMILES string of the molecule is Cc1ccc(Cl)cc1C(=O)N1CCC(CO)C1. The van der Waals surface area contributed by atoms with Gasteiger partial charge in [-0.05, 0) is 31.0 Å². The lowest BCUT2D eigenvalue weighted by atomic mass is 10.1. The number of carbonyl (C=O) groups is 1. The molecule has 0 radical (unpaired) electrons. The zero-order chi connectivity index (χ0) is 12.4. The smallest absolute Gasteiger partial charge is 0.254 e. The number of aliphatic hydroxyl groups excluding tert-OH is 1. The quantitative estimate of drug-likeness (QED) is 0.877. The van der Waals surface area contributed by atoms with Gasteiger partial charge in [0.15, 0.2) is 0 Å². The Kier molecular flexibility index (Phi) is 3.69. The van der Waals surface area contributed by atoms with Gasteiger partial charge in [0.25, 0.3) is 5.91 Å². The monoisotopic (exact) mass is 253 g/mol. The molecule has 1 amide bonds. The van der Waals surface area contributed by atoms with Crippen LogP contribution >= 0.6 is 11.6 Å². The van der Waals surface area contributed by atoms with E-state index < -0.39 is 0 Å². The maximum absolute atomic E-state index is 12.3. The molecule has 17 heavy (non-hydrogen) atoms. The number of benzene rings is 1. The second-order valence-electron chi connectivity index (χ2n) is 4.55. The van der Waals surface area contributed by atoms with Gasteiger partial charge in [0, 0.05) is 36.2 Å². The first-order valence-electron chi connectivity index (χ1n) is 5.78. The molecule has 1 fully saturated rings. The van der Waals surface area contributed by atoms with Crippen LogP contribution in [0.3, 0.4) is 0 Å². The van der Waals surface area contributed by atoms with Crippen molar-refractivity contribution in [2.75, 3.05) is 19.7 Å². The van der Waals surface area contributed by atoms with Gasteiger partial charge in [0.1, 0.15) is 0 Å². The van der Waals surface area contributed by atoms with Crippen molar-refractivity contribution in [3.8, 4) is 0 Å². The molecule has 4 heteroatoms. The van der Waals surface area contributed by atoms with E-state index in [4.69, 9.17) is 16.7 Å². The number of halogens is 1. The third-order valence-corrected chi connectivity index (χ3v) is 3.50. The van der Waals surface area contributed by atoms with E-state index in [2.05, 4.69) is 0 Å². The minimum Gasteiger partial charge on any atom is -0.396 e. The molecule has 1 aromatic carbocycles. The van der Waals surface area contributed by atoms with Crippen LogP contribution in [0.2, 0.25) is 5.02 Å². The highest BCUT2D eigenvalue weighted by Gasteiger charge is 2.27. The summed E-state index contributed by atoms with van der Waals surface area (Å²) in [5.41, 5.74) is 1.60. The lowest BCUT2D eigenvalue weighted by Gasteiger charge is -2.17. The van der Waals surface area contributed by atoms with Crippen LogP contribution in [0.25, 0.3) is 0 Å². The molecule has 0 saturated carbocycles. The first-order valence-corrected chi connectivity index (χ1v) is 6.16. The Labute approximate surface area is 106 Å². The molecule has 1 atom stereocenters. The van der Waals surface area contributed by atoms with Crippen molar-refractivity contribution < 1.29 is 9.90 Å². The molecule has 0 aliphatic carbocycles. The maximum atomic E-state index is 12.3. The second-order valence-corrected chi connectivity index (χ2v) is 4.98. The molecule has 1 aromatic rings. The standard InChI is InChI=1S/C13H16ClNO2/c1-9-2-3-11(14)6-12(9)13(17)15-5-4-10(7-15)8-16/h2-3,6,10,16H,4-5,7-8H2,1H3. The Bertz CT molecular complexity index is 433. The molecule has 1 aliphatic heterocycles. The number of carbonyl (C=O) groups excluding carboxylic acids is 1. The Morgan fingerprint density at radius 2 is 2.35 bits per heavy atom. The van der Waals surface area contributed by atoms with Crippen molar-refractivity contribution in [1.82, 2.24) is 4.90 Å². The second kappa shape index (κ2) is 5.07. The number of aryl methyl sites for hydroxylation is 1. The number of aliphatic hydroxyl groups is 1. The van der Waals surface area contributed by atoms with Crippen LogP contribution in [0.4, 0.5) is 0 Å². The summed E-state index contributed by atoms with van der Waals surface area (Å²) in [7, 11) is 0. The lowest BCUT2D eigenvalue weighted by molar-refractivity contribution is 0.0781. The fourth-order valence-electron chi connectivity index (χ4n) is 2.16. The number of likely N-dealkylation sites (tertiary alicyclic amines) is 1. The molecular formula is C13H16ClNO2. The zero-order valence-corrected chi connectivity index (χ0v) is 10.6. The Hall–Kier alpha value is -1.06. The average Bonchev–Trinajstić information content (AvgIpc) is 2.80. The summed E-state index contributed by atoms with van der Waals surface area (Å²) >= 11 is 5.91. The fraction of sp³-hybridized carbons (Fsp3) is 0.462. The van der Waals surface area contributed by atoms with Gasteiger partial charge >= 0.3 is 0 Å². The molecule has 2 rings (SSSR count). The van der Waals surface area contributed by atoms with E-state index in [1.165, 1.54) is 0 Å². The largest absolute Gasteiger partial charge is 0.396 e. The van der Waals surface area contributed by atoms with Crippen LogP contribution in [0.15, 0.2) is 18.2 Å². The number of nitrogens with zero attached hydrogens (tertiary/aromatic N) is 1. The number of hydrogen-bond acceptors (Lipinski definition) is 2. The molecule has 1 unspecified atom stereocenters. The van der Waals surface area contributed by atoms with Crippen LogP contribution in [0.5, 0.6) is 0 Å². The van der Waals surface area contributed by atoms with Gasteiger partial charge in [-0.15, -0.1) is 0 Å². The third kappa shape index (κ3) is 2.61. The molecule has 1 saturated heterocycles. The Morgan fingerprint density at radius 3 is 3.00 bits per heavy atom. The van der Waals surface area contributed by atoms with Gasteiger partial charge in [0.05, 0.1) is 0 Å². The average molecular weight is 254 g/mol. The zero-order valence-electron chi connectivity index (χ0n) is 9.82. The summed E-state index contributed by atoms with van der Waals surface area (Å²) in [6, 6.07) is 5.36. The number of hydrogen-bond donors (Lipinski definition) is 1. The van der Waals surface area contributed by atoms with E-state index in [1.54, 1.807) is 17.0 Å². The van der Waals surface area contributed by atoms with E-state index >= 15 is 0 Å². The normalized spacial score (nSPS) is 19.7. The Balaban J connectivity index is 2.17. The first kappa shape index (κ1) is 12.4. The van der Waals surface area contributed by atoms with Crippen LogP contribution in [-0.2, 0) is 0 Å². The molecular weight excluding hydrogens is 238 g/mol. The van der Waals surface area contributed by atoms with Gasteiger partial charge in [-0.25, -0.2) is 0 Å². The van der Waals surface area contributed by atoms with E-state index in [0.717, 1.165) is 18.5 Å². The maximum Gasteiger partial charge on any atom is 0.254 e. The van der Waals surface area contributed by atoms with Crippen molar-refractivity contribution in [3.05, 3.63) is 34.3 Å². The molecule has 0 bridgehead atoms. The summed E-state index contributed by atoms with van der Waals surface area (Å²) in [6.45, 7) is 3.42. The number of amides is 1. The summed E-state index contributed by atoms with van der Waals surface area (Å²) in [4.78, 5) is 14.1. The van der Waals surface area contributed by atoms with Gasteiger partial charge in [-0.3, -0.25) is 4.79 Å². The van der Waals surface area contributed by atoms with Gasteiger partial charge < -0.3 is 10.0 Å². The van der Waals surface area contributed by atoms with E-state index in [1.807, 2.05) is 13.0 Å². The molecule has 0 aromatic heterocycles. The van der Waals surface area contributed by atoms with Crippen molar-refractivity contribution in [2.45, 2.75) is 13.3 Å². The van der Waals surface area contributed by atoms with E-state index in [0.29, 0.717) is 17.1 Å². The van der Waals surface area contributed by atoms with Gasteiger partial charge in [0.2, 0.25) is 0 Å². The summed E-state index contributed by atoms with van der Waals surface area (Å²) in [5, 5.41) is 9.66. The van der Waals surface area contributed by atoms with Crippen molar-refractivity contribution >= 4 is 17.5 Å². The highest BCUT2D eigenvalue weighted by molar-refractivity contribution is 6.31. The summed E-state index contributed by atoms with van der Waals surface area (Å²) < 4.78 is 0. The minimum absolute atomic E-state index is 0.0148. The van der Waals surface area contributed by atoms with Gasteiger partial charge in [-0.1, -0.05) is 17.7 Å². The summed E-state index contributed by atoms with van der Waals surface area (Å²) in [6.07, 6.45) is 0.877. The number of rotatable bonds is 2. The van der Waals surface area contributed by atoms with Crippen molar-refractivity contribution in [2.24, 2.45) is 5.92 Å². The molecule has 1 heterocycles. The van der Waals surface area contributed by atoms with Crippen LogP contribution in [0, 0.1) is 12.8 Å². The molecule has 0 spiro atoms. The molecule has 92 valence electrons. The summed E-state index contributed by atoms with van der Waals surface area (Å²) in [5.74, 6) is 0.236. The minimum atomic E-state index is 0.0148. The highest BCUT2D eigenvalue weighted by Crippen LogP contribution is 2.21. The topological polar surface area (TPSA) is 40.5 Å². The van der Waals surface area contributed by atoms with E-state index in [-0.39, 0.29) is 18.4 Å². The van der Waals surface area contributed by atoms with Crippen LogP contribution < -0.4 is 0 Å². The molecule has 3 nitrogen and oxygen atoms in total. The highest BCUT2D eigenvalue weighted by atomic mass is 35.5. The molecule has 1 aliphatic rings. The predicted molar refractivity (Wildman–Crippen MR) is 67.3 cm³/mol. The van der Waals surface area contributed by atoms with Crippen molar-refractivity contribution in [3.63, 3.8) is 0 Å². The lowest BCUT2D eigenvalue weighted by Crippen LogP contribution is -2.29. The fourth-order valence-corrected chi connectivity index (χ4v) is 2.33. The Morgan fingerprint density at radius 1 is 1.59 bits per heavy atom. The predicted octanol–water partition coefficient (Wildman–Crippen LogP) is 2.10. The van der Waals surface area contributed by atoms with Crippen molar-refractivity contribution in [1.29, 1.82) is 0 Å². The van der Waals surface area contributed by atoms with Crippen LogP contribution in [-0.4, -0.2) is 35.6 Å². The van der Waals surface area contributed by atoms with Gasteiger partial charge in [-0.2, -0.15) is 0 Å². The third-order valence-electron chi connectivity index (χ3n) is 3.26. The van der Waals surface area contributed by atoms with E-state index in [9.17, 15) is 4.79 Å². The first-order chi connectivity index (χ1) is 8.11. The molecule has 1 N–H and O–H groups in total. The van der Waals surface area contributed by atoms with Crippen LogP contribution in [0.1, 0.15) is 22.3 Å².